The second-order valence-corrected chi connectivity index (χ2v) is 5.65. The summed E-state index contributed by atoms with van der Waals surface area (Å²) in [5, 5.41) is 2.65. The fourth-order valence-electron chi connectivity index (χ4n) is 3.29. The van der Waals surface area contributed by atoms with Crippen LogP contribution in [-0.2, 0) is 0 Å². The lowest BCUT2D eigenvalue weighted by Crippen LogP contribution is -1.87. The predicted molar refractivity (Wildman–Crippen MR) is 90.7 cm³/mol. The lowest BCUT2D eigenvalue weighted by Gasteiger charge is -2.10. The van der Waals surface area contributed by atoms with Crippen molar-refractivity contribution >= 4 is 21.8 Å². The summed E-state index contributed by atoms with van der Waals surface area (Å²) in [6.45, 7) is 4.40. The number of aromatic amines is 1. The maximum Gasteiger partial charge on any atom is 0.0467 e. The Morgan fingerprint density at radius 2 is 1.43 bits per heavy atom. The molecule has 1 nitrogen and oxygen atoms in total. The van der Waals surface area contributed by atoms with Crippen LogP contribution in [0, 0.1) is 13.8 Å². The molecule has 0 saturated carbocycles. The van der Waals surface area contributed by atoms with Crippen LogP contribution in [0.4, 0.5) is 0 Å². The van der Waals surface area contributed by atoms with Gasteiger partial charge in [-0.05, 0) is 48.2 Å². The number of nitrogens with one attached hydrogen (secondary N) is 1. The Hall–Kier alpha value is -2.54. The molecule has 0 aliphatic heterocycles. The van der Waals surface area contributed by atoms with Crippen molar-refractivity contribution in [3.8, 4) is 11.1 Å². The summed E-state index contributed by atoms with van der Waals surface area (Å²) in [7, 11) is 0. The maximum atomic E-state index is 3.51. The smallest absolute Gasteiger partial charge is 0.0467 e. The van der Waals surface area contributed by atoms with Crippen molar-refractivity contribution < 1.29 is 0 Å². The first-order chi connectivity index (χ1) is 10.3. The third-order valence-corrected chi connectivity index (χ3v) is 4.37. The van der Waals surface area contributed by atoms with Crippen molar-refractivity contribution in [1.82, 2.24) is 4.98 Å². The van der Waals surface area contributed by atoms with E-state index < -0.39 is 0 Å². The van der Waals surface area contributed by atoms with E-state index in [0.717, 1.165) is 0 Å². The molecule has 0 amide bonds. The van der Waals surface area contributed by atoms with Crippen molar-refractivity contribution in [2.24, 2.45) is 0 Å². The number of hydrogen-bond acceptors (Lipinski definition) is 0. The zero-order valence-corrected chi connectivity index (χ0v) is 12.3. The summed E-state index contributed by atoms with van der Waals surface area (Å²) in [6, 6.07) is 21.5. The van der Waals surface area contributed by atoms with Crippen LogP contribution in [0.15, 0.2) is 60.7 Å². The Balaban J connectivity index is 2.11. The summed E-state index contributed by atoms with van der Waals surface area (Å²) in [5.74, 6) is 0. The van der Waals surface area contributed by atoms with Crippen LogP contribution in [0.3, 0.4) is 0 Å². The van der Waals surface area contributed by atoms with Gasteiger partial charge < -0.3 is 4.98 Å². The van der Waals surface area contributed by atoms with Gasteiger partial charge in [-0.1, -0.05) is 48.5 Å². The minimum atomic E-state index is 1.21. The van der Waals surface area contributed by atoms with Crippen LogP contribution >= 0.6 is 0 Å². The van der Waals surface area contributed by atoms with Gasteiger partial charge in [-0.15, -0.1) is 0 Å². The SMILES string of the molecule is Cc1ccccc1-c1ccc2[nH]c3ccccc3c2c1C. The molecule has 1 heterocycles. The summed E-state index contributed by atoms with van der Waals surface area (Å²) in [6.07, 6.45) is 0. The molecule has 0 spiro atoms. The molecule has 1 heteroatoms. The monoisotopic (exact) mass is 271 g/mol. The van der Waals surface area contributed by atoms with Gasteiger partial charge >= 0.3 is 0 Å². The molecule has 4 rings (SSSR count). The fourth-order valence-corrected chi connectivity index (χ4v) is 3.29. The van der Waals surface area contributed by atoms with Crippen LogP contribution in [0.25, 0.3) is 32.9 Å². The molecule has 102 valence electrons. The number of H-pyrrole nitrogens is 1. The maximum absolute atomic E-state index is 3.51. The highest BCUT2D eigenvalue weighted by molar-refractivity contribution is 6.10. The molecule has 1 aromatic heterocycles. The van der Waals surface area contributed by atoms with Crippen LogP contribution in [0.1, 0.15) is 11.1 Å². The van der Waals surface area contributed by atoms with Gasteiger partial charge in [-0.2, -0.15) is 0 Å². The van der Waals surface area contributed by atoms with E-state index in [-0.39, 0.29) is 0 Å². The Kier molecular flexibility index (Phi) is 2.61. The number of aromatic nitrogens is 1. The van der Waals surface area contributed by atoms with Crippen LogP contribution in [0.2, 0.25) is 0 Å². The number of hydrogen-bond donors (Lipinski definition) is 1. The van der Waals surface area contributed by atoms with Crippen molar-refractivity contribution in [2.75, 3.05) is 0 Å². The number of rotatable bonds is 1. The molecule has 0 aliphatic carbocycles. The van der Waals surface area contributed by atoms with Gasteiger partial charge in [0.2, 0.25) is 0 Å². The average Bonchev–Trinajstić information content (AvgIpc) is 2.88. The zero-order chi connectivity index (χ0) is 14.4. The van der Waals surface area contributed by atoms with Gasteiger partial charge in [0, 0.05) is 21.8 Å². The summed E-state index contributed by atoms with van der Waals surface area (Å²) >= 11 is 0. The van der Waals surface area contributed by atoms with Gasteiger partial charge in [-0.25, -0.2) is 0 Å². The van der Waals surface area contributed by atoms with Crippen molar-refractivity contribution in [1.29, 1.82) is 0 Å². The molecule has 0 radical (unpaired) electrons. The highest BCUT2D eigenvalue weighted by atomic mass is 14.7. The summed E-state index contributed by atoms with van der Waals surface area (Å²) in [4.78, 5) is 3.51. The molecule has 4 aromatic rings. The Labute approximate surface area is 124 Å². The predicted octanol–water partition coefficient (Wildman–Crippen LogP) is 5.60. The van der Waals surface area contributed by atoms with Crippen LogP contribution in [0.5, 0.6) is 0 Å². The van der Waals surface area contributed by atoms with E-state index in [9.17, 15) is 0 Å². The molecule has 1 N–H and O–H groups in total. The van der Waals surface area contributed by atoms with E-state index >= 15 is 0 Å². The van der Waals surface area contributed by atoms with E-state index in [1.54, 1.807) is 0 Å². The van der Waals surface area contributed by atoms with Crippen molar-refractivity contribution in [3.63, 3.8) is 0 Å². The van der Waals surface area contributed by atoms with E-state index in [0.29, 0.717) is 0 Å². The van der Waals surface area contributed by atoms with Crippen LogP contribution < -0.4 is 0 Å². The van der Waals surface area contributed by atoms with E-state index in [1.807, 2.05) is 0 Å². The average molecular weight is 271 g/mol. The number of para-hydroxylation sites is 1. The molecular formula is C20H17N. The molecular weight excluding hydrogens is 254 g/mol. The summed E-state index contributed by atoms with van der Waals surface area (Å²) < 4.78 is 0. The zero-order valence-electron chi connectivity index (χ0n) is 12.3. The number of aryl methyl sites for hydroxylation is 2. The summed E-state index contributed by atoms with van der Waals surface area (Å²) in [5.41, 5.74) is 7.73. The van der Waals surface area contributed by atoms with Crippen LogP contribution in [-0.4, -0.2) is 4.98 Å². The lowest BCUT2D eigenvalue weighted by molar-refractivity contribution is 1.43. The van der Waals surface area contributed by atoms with Gasteiger partial charge in [0.25, 0.3) is 0 Å². The minimum absolute atomic E-state index is 1.21. The first-order valence-corrected chi connectivity index (χ1v) is 7.32. The first-order valence-electron chi connectivity index (χ1n) is 7.32. The van der Waals surface area contributed by atoms with Crippen molar-refractivity contribution in [3.05, 3.63) is 71.8 Å². The number of fused-ring (bicyclic) bond motifs is 3. The second kappa shape index (κ2) is 4.49. The van der Waals surface area contributed by atoms with Gasteiger partial charge in [0.15, 0.2) is 0 Å². The van der Waals surface area contributed by atoms with Crippen molar-refractivity contribution in [2.45, 2.75) is 13.8 Å². The quantitative estimate of drug-likeness (QED) is 0.463. The van der Waals surface area contributed by atoms with Gasteiger partial charge in [0.05, 0.1) is 0 Å². The largest absolute Gasteiger partial charge is 0.355 e. The molecule has 0 unspecified atom stereocenters. The molecule has 0 atom stereocenters. The third-order valence-electron chi connectivity index (χ3n) is 4.37. The second-order valence-electron chi connectivity index (χ2n) is 5.65. The molecule has 0 saturated heterocycles. The van der Waals surface area contributed by atoms with Gasteiger partial charge in [-0.3, -0.25) is 0 Å². The molecule has 0 bridgehead atoms. The Morgan fingerprint density at radius 3 is 2.29 bits per heavy atom. The Morgan fingerprint density at radius 1 is 0.667 bits per heavy atom. The normalized spacial score (nSPS) is 11.3. The molecule has 0 aliphatic rings. The van der Waals surface area contributed by atoms with E-state index in [4.69, 9.17) is 0 Å². The fraction of sp³-hybridized carbons (Fsp3) is 0.100. The van der Waals surface area contributed by atoms with E-state index in [1.165, 1.54) is 44.1 Å². The highest BCUT2D eigenvalue weighted by Gasteiger charge is 2.11. The molecule has 3 aromatic carbocycles. The van der Waals surface area contributed by atoms with E-state index in [2.05, 4.69) is 79.5 Å². The lowest BCUT2D eigenvalue weighted by atomic mass is 9.94. The standard InChI is InChI=1S/C20H17N/c1-13-7-3-4-8-15(13)16-11-12-19-20(14(16)2)17-9-5-6-10-18(17)21-19/h3-12,21H,1-2H3. The highest BCUT2D eigenvalue weighted by Crippen LogP contribution is 2.35. The molecule has 0 fully saturated rings. The molecule has 21 heavy (non-hydrogen) atoms. The third kappa shape index (κ3) is 1.78. The number of benzene rings is 3. The van der Waals surface area contributed by atoms with Gasteiger partial charge in [0.1, 0.15) is 0 Å². The first kappa shape index (κ1) is 12.2. The minimum Gasteiger partial charge on any atom is -0.355 e. The topological polar surface area (TPSA) is 15.8 Å². The Bertz CT molecular complexity index is 960.